The number of furan rings is 1. The minimum Gasteiger partial charge on any atom is -0.466 e. The molecule has 1 heterocycles. The molecular weight excluding hydrogens is 224 g/mol. The molecule has 2 nitrogen and oxygen atoms in total. The Bertz CT molecular complexity index is 405. The Balaban J connectivity index is 2.26. The Morgan fingerprint density at radius 2 is 1.83 bits per heavy atom. The number of rotatable bonds is 3. The zero-order valence-electron chi connectivity index (χ0n) is 12.1. The minimum atomic E-state index is -0.340. The van der Waals surface area contributed by atoms with Gasteiger partial charge in [0.05, 0.1) is 6.10 Å². The summed E-state index contributed by atoms with van der Waals surface area (Å²) in [6, 6.07) is 0. The first kappa shape index (κ1) is 13.7. The first-order valence-electron chi connectivity index (χ1n) is 7.30. The van der Waals surface area contributed by atoms with Gasteiger partial charge in [-0.1, -0.05) is 32.6 Å². The second-order valence-electron chi connectivity index (χ2n) is 5.81. The zero-order valence-corrected chi connectivity index (χ0v) is 12.1. The van der Waals surface area contributed by atoms with Crippen molar-refractivity contribution in [1.82, 2.24) is 0 Å². The van der Waals surface area contributed by atoms with Crippen LogP contribution in [-0.4, -0.2) is 5.11 Å². The van der Waals surface area contributed by atoms with Crippen LogP contribution in [0.5, 0.6) is 0 Å². The summed E-state index contributed by atoms with van der Waals surface area (Å²) in [5.74, 6) is 2.93. The van der Waals surface area contributed by atoms with Gasteiger partial charge in [-0.25, -0.2) is 0 Å². The van der Waals surface area contributed by atoms with Gasteiger partial charge in [0.25, 0.3) is 0 Å². The van der Waals surface area contributed by atoms with Crippen LogP contribution < -0.4 is 0 Å². The average Bonchev–Trinajstić information content (AvgIpc) is 2.62. The summed E-state index contributed by atoms with van der Waals surface area (Å²) in [5, 5.41) is 10.8. The highest BCUT2D eigenvalue weighted by atomic mass is 16.3. The fourth-order valence-electron chi connectivity index (χ4n) is 3.62. The van der Waals surface area contributed by atoms with Crippen LogP contribution in [0.25, 0.3) is 0 Å². The van der Waals surface area contributed by atoms with Gasteiger partial charge < -0.3 is 9.52 Å². The molecule has 0 bridgehead atoms. The molecule has 1 aliphatic carbocycles. The summed E-state index contributed by atoms with van der Waals surface area (Å²) in [6.45, 7) is 8.27. The van der Waals surface area contributed by atoms with E-state index in [1.807, 2.05) is 13.8 Å². The Labute approximate surface area is 110 Å². The van der Waals surface area contributed by atoms with Crippen molar-refractivity contribution in [3.63, 3.8) is 0 Å². The maximum atomic E-state index is 10.8. The number of hydrogen-bond acceptors (Lipinski definition) is 2. The molecule has 3 unspecified atom stereocenters. The predicted molar refractivity (Wildman–Crippen MR) is 73.6 cm³/mol. The van der Waals surface area contributed by atoms with E-state index in [-0.39, 0.29) is 6.10 Å². The standard InChI is InChI=1S/C16H26O2/c1-5-13-8-6-7-9-14(13)16(17)15-10(2)11(3)18-12(15)4/h13-14,16-17H,5-9H2,1-4H3. The van der Waals surface area contributed by atoms with Crippen molar-refractivity contribution in [3.8, 4) is 0 Å². The number of aryl methyl sites for hydroxylation is 2. The van der Waals surface area contributed by atoms with Gasteiger partial charge in [-0.15, -0.1) is 0 Å². The fraction of sp³-hybridized carbons (Fsp3) is 0.750. The van der Waals surface area contributed by atoms with Gasteiger partial charge in [-0.2, -0.15) is 0 Å². The molecule has 0 spiro atoms. The molecule has 0 radical (unpaired) electrons. The van der Waals surface area contributed by atoms with Gasteiger partial charge >= 0.3 is 0 Å². The predicted octanol–water partition coefficient (Wildman–Crippen LogP) is 4.45. The molecule has 18 heavy (non-hydrogen) atoms. The lowest BCUT2D eigenvalue weighted by Gasteiger charge is -2.34. The van der Waals surface area contributed by atoms with Crippen LogP contribution in [0.1, 0.15) is 67.8 Å². The zero-order chi connectivity index (χ0) is 13.3. The van der Waals surface area contributed by atoms with E-state index in [0.717, 1.165) is 29.1 Å². The Hall–Kier alpha value is -0.760. The fourth-order valence-corrected chi connectivity index (χ4v) is 3.62. The third-order valence-corrected chi connectivity index (χ3v) is 4.81. The van der Waals surface area contributed by atoms with Crippen molar-refractivity contribution in [3.05, 3.63) is 22.6 Å². The van der Waals surface area contributed by atoms with Crippen LogP contribution in [0.2, 0.25) is 0 Å². The van der Waals surface area contributed by atoms with Crippen molar-refractivity contribution in [1.29, 1.82) is 0 Å². The normalized spacial score (nSPS) is 26.3. The molecule has 0 aromatic carbocycles. The van der Waals surface area contributed by atoms with Crippen LogP contribution in [0.15, 0.2) is 4.42 Å². The van der Waals surface area contributed by atoms with Gasteiger partial charge in [0.15, 0.2) is 0 Å². The van der Waals surface area contributed by atoms with Gasteiger partial charge in [-0.3, -0.25) is 0 Å². The van der Waals surface area contributed by atoms with Crippen LogP contribution in [0.3, 0.4) is 0 Å². The van der Waals surface area contributed by atoms with E-state index in [1.54, 1.807) is 0 Å². The maximum Gasteiger partial charge on any atom is 0.107 e. The van der Waals surface area contributed by atoms with Crippen LogP contribution in [0.4, 0.5) is 0 Å². The molecule has 2 heteroatoms. The molecule has 0 saturated heterocycles. The topological polar surface area (TPSA) is 33.4 Å². The van der Waals surface area contributed by atoms with Gasteiger partial charge in [-0.05, 0) is 44.6 Å². The second kappa shape index (κ2) is 5.48. The molecule has 0 aliphatic heterocycles. The second-order valence-corrected chi connectivity index (χ2v) is 5.81. The van der Waals surface area contributed by atoms with Crippen LogP contribution >= 0.6 is 0 Å². The first-order chi connectivity index (χ1) is 8.56. The molecule has 1 N–H and O–H groups in total. The summed E-state index contributed by atoms with van der Waals surface area (Å²) in [6.07, 6.45) is 5.84. The SMILES string of the molecule is CCC1CCCCC1C(O)c1c(C)oc(C)c1C. The van der Waals surface area contributed by atoms with Crippen molar-refractivity contribution in [2.24, 2.45) is 11.8 Å². The van der Waals surface area contributed by atoms with Crippen molar-refractivity contribution >= 4 is 0 Å². The van der Waals surface area contributed by atoms with E-state index < -0.39 is 0 Å². The average molecular weight is 250 g/mol. The van der Waals surface area contributed by atoms with Gasteiger partial charge in [0.2, 0.25) is 0 Å². The lowest BCUT2D eigenvalue weighted by molar-refractivity contribution is 0.0438. The van der Waals surface area contributed by atoms with Gasteiger partial charge in [0, 0.05) is 5.56 Å². The lowest BCUT2D eigenvalue weighted by Crippen LogP contribution is -2.25. The highest BCUT2D eigenvalue weighted by molar-refractivity contribution is 5.33. The molecule has 3 atom stereocenters. The third-order valence-electron chi connectivity index (χ3n) is 4.81. The maximum absolute atomic E-state index is 10.8. The minimum absolute atomic E-state index is 0.340. The van der Waals surface area contributed by atoms with Crippen LogP contribution in [-0.2, 0) is 0 Å². The van der Waals surface area contributed by atoms with Crippen molar-refractivity contribution in [2.75, 3.05) is 0 Å². The molecule has 1 aliphatic rings. The molecule has 1 saturated carbocycles. The van der Waals surface area contributed by atoms with E-state index in [0.29, 0.717) is 11.8 Å². The van der Waals surface area contributed by atoms with Gasteiger partial charge in [0.1, 0.15) is 11.5 Å². The number of aliphatic hydroxyl groups excluding tert-OH is 1. The lowest BCUT2D eigenvalue weighted by atomic mass is 9.73. The summed E-state index contributed by atoms with van der Waals surface area (Å²) >= 11 is 0. The summed E-state index contributed by atoms with van der Waals surface area (Å²) < 4.78 is 5.67. The molecule has 0 amide bonds. The quantitative estimate of drug-likeness (QED) is 0.859. The summed E-state index contributed by atoms with van der Waals surface area (Å²) in [7, 11) is 0. The third kappa shape index (κ3) is 2.35. The molecule has 2 rings (SSSR count). The largest absolute Gasteiger partial charge is 0.466 e. The van der Waals surface area contributed by atoms with E-state index >= 15 is 0 Å². The molecule has 1 fully saturated rings. The molecule has 1 aromatic rings. The number of hydrogen-bond donors (Lipinski definition) is 1. The smallest absolute Gasteiger partial charge is 0.107 e. The Morgan fingerprint density at radius 1 is 1.17 bits per heavy atom. The van der Waals surface area contributed by atoms with E-state index in [4.69, 9.17) is 4.42 Å². The molecule has 1 aromatic heterocycles. The highest BCUT2D eigenvalue weighted by Gasteiger charge is 2.33. The Morgan fingerprint density at radius 3 is 2.39 bits per heavy atom. The van der Waals surface area contributed by atoms with Crippen molar-refractivity contribution in [2.45, 2.75) is 65.9 Å². The van der Waals surface area contributed by atoms with E-state index in [9.17, 15) is 5.11 Å². The molecular formula is C16H26O2. The molecule has 102 valence electrons. The van der Waals surface area contributed by atoms with E-state index in [2.05, 4.69) is 13.8 Å². The van der Waals surface area contributed by atoms with E-state index in [1.165, 1.54) is 25.7 Å². The summed E-state index contributed by atoms with van der Waals surface area (Å²) in [4.78, 5) is 0. The van der Waals surface area contributed by atoms with Crippen molar-refractivity contribution < 1.29 is 9.52 Å². The summed E-state index contributed by atoms with van der Waals surface area (Å²) in [5.41, 5.74) is 2.19. The number of aliphatic hydroxyl groups is 1. The highest BCUT2D eigenvalue weighted by Crippen LogP contribution is 2.42. The Kier molecular flexibility index (Phi) is 4.16. The van der Waals surface area contributed by atoms with Crippen LogP contribution in [0, 0.1) is 32.6 Å². The monoisotopic (exact) mass is 250 g/mol. The first-order valence-corrected chi connectivity index (χ1v) is 7.30.